The van der Waals surface area contributed by atoms with Crippen LogP contribution in [0, 0.1) is 5.82 Å². The van der Waals surface area contributed by atoms with E-state index in [1.807, 2.05) is 0 Å². The second-order valence-electron chi connectivity index (χ2n) is 4.83. The minimum absolute atomic E-state index is 0.293. The molecule has 0 aliphatic heterocycles. The molecule has 0 radical (unpaired) electrons. The topological polar surface area (TPSA) is 75.4 Å². The summed E-state index contributed by atoms with van der Waals surface area (Å²) >= 11 is 4.13. The molecule has 7 heteroatoms. The molecular weight excluding hydrogens is 317 g/mol. The summed E-state index contributed by atoms with van der Waals surface area (Å²) < 4.78 is 13.9. The van der Waals surface area contributed by atoms with Crippen molar-refractivity contribution in [1.82, 2.24) is 5.32 Å². The lowest BCUT2D eigenvalue weighted by Gasteiger charge is -2.16. The summed E-state index contributed by atoms with van der Waals surface area (Å²) in [5.74, 6) is -0.829. The van der Waals surface area contributed by atoms with Crippen LogP contribution in [-0.2, 0) is 6.42 Å². The van der Waals surface area contributed by atoms with Crippen LogP contribution in [0.25, 0.3) is 0 Å². The second-order valence-corrected chi connectivity index (χ2v) is 5.23. The molecule has 23 heavy (non-hydrogen) atoms. The second kappa shape index (κ2) is 7.64. The van der Waals surface area contributed by atoms with E-state index in [-0.39, 0.29) is 5.82 Å². The molecule has 2 rings (SSSR count). The molecule has 2 aromatic rings. The molecule has 3 amide bonds. The van der Waals surface area contributed by atoms with Crippen molar-refractivity contribution in [1.29, 1.82) is 0 Å². The Morgan fingerprint density at radius 1 is 1.09 bits per heavy atom. The van der Waals surface area contributed by atoms with Crippen molar-refractivity contribution >= 4 is 30.4 Å². The number of halogens is 1. The average molecular weight is 333 g/mol. The maximum Gasteiger partial charge on any atom is 0.331 e. The number of hydrogen-bond acceptors (Lipinski definition) is 3. The van der Waals surface area contributed by atoms with Crippen LogP contribution in [0.5, 0.6) is 0 Å². The summed E-state index contributed by atoms with van der Waals surface area (Å²) in [6.45, 7) is 0.390. The van der Waals surface area contributed by atoms with Gasteiger partial charge in [0.2, 0.25) is 5.91 Å². The Kier molecular flexibility index (Phi) is 5.59. The first kappa shape index (κ1) is 16.8. The first-order valence-corrected chi connectivity index (χ1v) is 7.28. The van der Waals surface area contributed by atoms with E-state index in [2.05, 4.69) is 18.1 Å². The first-order chi connectivity index (χ1) is 11.0. The van der Waals surface area contributed by atoms with Crippen LogP contribution < -0.4 is 15.4 Å². The fourth-order valence-electron chi connectivity index (χ4n) is 1.92. The van der Waals surface area contributed by atoms with Crippen LogP contribution in [-0.4, -0.2) is 18.5 Å². The monoisotopic (exact) mass is 333 g/mol. The molecule has 0 saturated carbocycles. The predicted octanol–water partition coefficient (Wildman–Crippen LogP) is 2.53. The molecule has 0 saturated heterocycles. The Balaban J connectivity index is 1.87. The van der Waals surface area contributed by atoms with Crippen LogP contribution in [0.3, 0.4) is 0 Å². The highest BCUT2D eigenvalue weighted by Gasteiger charge is 2.12. The summed E-state index contributed by atoms with van der Waals surface area (Å²) in [6, 6.07) is 11.9. The van der Waals surface area contributed by atoms with E-state index in [1.165, 1.54) is 24.3 Å². The lowest BCUT2D eigenvalue weighted by molar-refractivity contribution is 0.100. The van der Waals surface area contributed by atoms with Gasteiger partial charge in [-0.15, -0.1) is 0 Å². The number of carbonyl (C=O) groups excluding carboxylic acids is 2. The number of benzene rings is 2. The van der Waals surface area contributed by atoms with E-state index >= 15 is 0 Å². The van der Waals surface area contributed by atoms with Crippen LogP contribution in [0.2, 0.25) is 0 Å². The summed E-state index contributed by atoms with van der Waals surface area (Å²) in [5.41, 5.74) is 6.94. The zero-order valence-electron chi connectivity index (χ0n) is 12.2. The molecule has 0 heterocycles. The molecule has 0 bridgehead atoms. The number of nitrogens with one attached hydrogen (secondary N) is 1. The van der Waals surface area contributed by atoms with E-state index in [4.69, 9.17) is 5.73 Å². The number of anilines is 1. The Bertz CT molecular complexity index is 689. The van der Waals surface area contributed by atoms with Crippen molar-refractivity contribution in [2.75, 3.05) is 10.8 Å². The van der Waals surface area contributed by atoms with Crippen molar-refractivity contribution in [3.63, 3.8) is 0 Å². The predicted molar refractivity (Wildman–Crippen MR) is 89.9 cm³/mol. The highest BCUT2D eigenvalue weighted by molar-refractivity contribution is 7.82. The van der Waals surface area contributed by atoms with Crippen LogP contribution in [0.15, 0.2) is 48.5 Å². The van der Waals surface area contributed by atoms with Crippen LogP contribution in [0.1, 0.15) is 15.9 Å². The molecule has 0 atom stereocenters. The van der Waals surface area contributed by atoms with Gasteiger partial charge in [-0.1, -0.05) is 24.9 Å². The highest BCUT2D eigenvalue weighted by Crippen LogP contribution is 2.17. The number of amides is 3. The van der Waals surface area contributed by atoms with Crippen LogP contribution in [0.4, 0.5) is 14.9 Å². The van der Waals surface area contributed by atoms with E-state index in [1.54, 1.807) is 24.3 Å². The smallest absolute Gasteiger partial charge is 0.331 e. The lowest BCUT2D eigenvalue weighted by Crippen LogP contribution is -2.35. The van der Waals surface area contributed by atoms with Gasteiger partial charge in [-0.3, -0.25) is 4.79 Å². The van der Waals surface area contributed by atoms with Crippen molar-refractivity contribution in [2.24, 2.45) is 5.73 Å². The van der Waals surface area contributed by atoms with Gasteiger partial charge in [0.25, 0.3) is 0 Å². The number of urea groups is 1. The molecule has 0 fully saturated rings. The normalized spacial score (nSPS) is 10.2. The van der Waals surface area contributed by atoms with Crippen molar-refractivity contribution in [2.45, 2.75) is 6.42 Å². The summed E-state index contributed by atoms with van der Waals surface area (Å²) in [6.07, 6.45) is 0.578. The summed E-state index contributed by atoms with van der Waals surface area (Å²) in [5, 5.41) is 2.71. The van der Waals surface area contributed by atoms with Gasteiger partial charge in [-0.25, -0.2) is 13.5 Å². The molecule has 5 nitrogen and oxygen atoms in total. The standard InChI is InChI=1S/C16H16FN3O2S/c17-13-5-1-11(2-6-13)9-10-19-16(22)20(23)14-7-3-12(4-8-14)15(18)21/h1-8,23H,9-10H2,(H2,18,21)(H,19,22). The number of nitrogens with zero attached hydrogens (tertiary/aromatic N) is 1. The molecule has 0 aliphatic rings. The van der Waals surface area contributed by atoms with Gasteiger partial charge < -0.3 is 11.1 Å². The molecule has 2 aromatic carbocycles. The highest BCUT2D eigenvalue weighted by atomic mass is 32.1. The SMILES string of the molecule is NC(=O)c1ccc(N(S)C(=O)NCCc2ccc(F)cc2)cc1. The Labute approximate surface area is 138 Å². The van der Waals surface area contributed by atoms with Gasteiger partial charge in [0.05, 0.1) is 5.69 Å². The lowest BCUT2D eigenvalue weighted by atomic mass is 10.1. The van der Waals surface area contributed by atoms with Gasteiger partial charge >= 0.3 is 6.03 Å². The Morgan fingerprint density at radius 3 is 2.26 bits per heavy atom. The fourth-order valence-corrected chi connectivity index (χ4v) is 2.13. The van der Waals surface area contributed by atoms with Gasteiger partial charge in [-0.2, -0.15) is 0 Å². The average Bonchev–Trinajstić information content (AvgIpc) is 2.56. The molecule has 3 N–H and O–H groups in total. The minimum atomic E-state index is -0.536. The number of carbonyl (C=O) groups is 2. The minimum Gasteiger partial charge on any atom is -0.366 e. The maximum atomic E-state index is 12.8. The number of hydrogen-bond donors (Lipinski definition) is 3. The quantitative estimate of drug-likeness (QED) is 0.736. The molecule has 0 spiro atoms. The Hall–Kier alpha value is -2.54. The van der Waals surface area contributed by atoms with Gasteiger partial charge in [0.1, 0.15) is 5.82 Å². The zero-order valence-corrected chi connectivity index (χ0v) is 13.1. The number of thiol groups is 1. The molecule has 0 aliphatic carbocycles. The number of rotatable bonds is 5. The van der Waals surface area contributed by atoms with E-state index in [0.29, 0.717) is 24.2 Å². The third-order valence-corrected chi connectivity index (χ3v) is 3.60. The third-order valence-electron chi connectivity index (χ3n) is 3.19. The van der Waals surface area contributed by atoms with Crippen molar-refractivity contribution in [3.05, 3.63) is 65.5 Å². The first-order valence-electron chi connectivity index (χ1n) is 6.88. The van der Waals surface area contributed by atoms with Crippen molar-refractivity contribution < 1.29 is 14.0 Å². The maximum absolute atomic E-state index is 12.8. The van der Waals surface area contributed by atoms with Gasteiger partial charge in [0.15, 0.2) is 0 Å². The van der Waals surface area contributed by atoms with E-state index in [9.17, 15) is 14.0 Å². The molecule has 0 aromatic heterocycles. The van der Waals surface area contributed by atoms with E-state index < -0.39 is 11.9 Å². The molecule has 120 valence electrons. The zero-order chi connectivity index (χ0) is 16.8. The fraction of sp³-hybridized carbons (Fsp3) is 0.125. The van der Waals surface area contributed by atoms with Gasteiger partial charge in [-0.05, 0) is 48.4 Å². The Morgan fingerprint density at radius 2 is 1.70 bits per heavy atom. The van der Waals surface area contributed by atoms with Gasteiger partial charge in [0, 0.05) is 12.1 Å². The largest absolute Gasteiger partial charge is 0.366 e. The summed E-state index contributed by atoms with van der Waals surface area (Å²) in [7, 11) is 0. The van der Waals surface area contributed by atoms with Crippen molar-refractivity contribution in [3.8, 4) is 0 Å². The summed E-state index contributed by atoms with van der Waals surface area (Å²) in [4.78, 5) is 23.0. The third kappa shape index (κ3) is 4.72. The molecular formula is C16H16FN3O2S. The molecule has 0 unspecified atom stereocenters. The van der Waals surface area contributed by atoms with E-state index in [0.717, 1.165) is 9.87 Å². The number of nitrogens with two attached hydrogens (primary N) is 1. The van der Waals surface area contributed by atoms with Crippen LogP contribution >= 0.6 is 12.8 Å². The number of primary amides is 1.